The SMILES string of the molecule is C=C(Cl)CNC(=O)NC[C@](C)(O)c1ccsc1. The summed E-state index contributed by atoms with van der Waals surface area (Å²) < 4.78 is 0. The number of hydrogen-bond donors (Lipinski definition) is 3. The van der Waals surface area contributed by atoms with Crippen LogP contribution in [0.25, 0.3) is 0 Å². The number of aliphatic hydroxyl groups is 1. The van der Waals surface area contributed by atoms with Crippen molar-refractivity contribution < 1.29 is 9.90 Å². The average Bonchev–Trinajstić information content (AvgIpc) is 2.77. The van der Waals surface area contributed by atoms with Crippen LogP contribution < -0.4 is 10.6 Å². The second-order valence-electron chi connectivity index (χ2n) is 3.84. The van der Waals surface area contributed by atoms with Gasteiger partial charge in [-0.25, -0.2) is 4.79 Å². The topological polar surface area (TPSA) is 61.4 Å². The van der Waals surface area contributed by atoms with Crippen molar-refractivity contribution in [1.82, 2.24) is 10.6 Å². The van der Waals surface area contributed by atoms with Crippen LogP contribution in [0.15, 0.2) is 28.4 Å². The highest BCUT2D eigenvalue weighted by atomic mass is 35.5. The van der Waals surface area contributed by atoms with Crippen molar-refractivity contribution >= 4 is 29.0 Å². The summed E-state index contributed by atoms with van der Waals surface area (Å²) in [6.45, 7) is 5.43. The quantitative estimate of drug-likeness (QED) is 0.769. The van der Waals surface area contributed by atoms with E-state index in [1.165, 1.54) is 11.3 Å². The molecule has 0 saturated heterocycles. The van der Waals surface area contributed by atoms with Crippen LogP contribution in [0.4, 0.5) is 4.79 Å². The summed E-state index contributed by atoms with van der Waals surface area (Å²) in [7, 11) is 0. The Balaban J connectivity index is 2.40. The average molecular weight is 275 g/mol. The number of thiophene rings is 1. The third kappa shape index (κ3) is 4.77. The normalized spacial score (nSPS) is 13.8. The van der Waals surface area contributed by atoms with E-state index in [1.807, 2.05) is 16.8 Å². The van der Waals surface area contributed by atoms with Gasteiger partial charge in [-0.05, 0) is 29.3 Å². The first-order chi connectivity index (χ1) is 7.92. The summed E-state index contributed by atoms with van der Waals surface area (Å²) in [4.78, 5) is 11.3. The maximum absolute atomic E-state index is 11.3. The van der Waals surface area contributed by atoms with Gasteiger partial charge in [-0.15, -0.1) is 0 Å². The highest BCUT2D eigenvalue weighted by Crippen LogP contribution is 2.21. The lowest BCUT2D eigenvalue weighted by molar-refractivity contribution is 0.0599. The maximum Gasteiger partial charge on any atom is 0.315 e. The van der Waals surface area contributed by atoms with Crippen LogP contribution in [-0.4, -0.2) is 24.2 Å². The Morgan fingerprint density at radius 2 is 2.35 bits per heavy atom. The number of carbonyl (C=O) groups excluding carboxylic acids is 1. The molecule has 0 bridgehead atoms. The van der Waals surface area contributed by atoms with Crippen LogP contribution in [0.3, 0.4) is 0 Å². The van der Waals surface area contributed by atoms with Crippen molar-refractivity contribution in [2.45, 2.75) is 12.5 Å². The fourth-order valence-corrected chi connectivity index (χ4v) is 2.01. The molecule has 94 valence electrons. The molecule has 0 aliphatic heterocycles. The maximum atomic E-state index is 11.3. The predicted octanol–water partition coefficient (Wildman–Crippen LogP) is 2.01. The molecule has 4 nitrogen and oxygen atoms in total. The number of halogens is 1. The van der Waals surface area contributed by atoms with Crippen LogP contribution >= 0.6 is 22.9 Å². The minimum atomic E-state index is -1.07. The highest BCUT2D eigenvalue weighted by Gasteiger charge is 2.23. The Bertz CT molecular complexity index is 390. The fourth-order valence-electron chi connectivity index (χ4n) is 1.16. The zero-order valence-corrected chi connectivity index (χ0v) is 11.1. The molecule has 3 N–H and O–H groups in total. The largest absolute Gasteiger partial charge is 0.384 e. The Kier molecular flexibility index (Phi) is 4.99. The molecule has 1 aromatic heterocycles. The van der Waals surface area contributed by atoms with E-state index in [2.05, 4.69) is 17.2 Å². The monoisotopic (exact) mass is 274 g/mol. The molecule has 0 saturated carbocycles. The lowest BCUT2D eigenvalue weighted by atomic mass is 9.99. The third-order valence-corrected chi connectivity index (χ3v) is 2.99. The second kappa shape index (κ2) is 6.05. The molecule has 17 heavy (non-hydrogen) atoms. The molecule has 0 spiro atoms. The van der Waals surface area contributed by atoms with Crippen LogP contribution in [0, 0.1) is 0 Å². The number of urea groups is 1. The summed E-state index contributed by atoms with van der Waals surface area (Å²) in [6, 6.07) is 1.44. The van der Waals surface area contributed by atoms with Gasteiger partial charge in [-0.2, -0.15) is 11.3 Å². The molecule has 1 rings (SSSR count). The van der Waals surface area contributed by atoms with Crippen molar-refractivity contribution in [3.05, 3.63) is 34.0 Å². The van der Waals surface area contributed by atoms with Gasteiger partial charge in [0.2, 0.25) is 0 Å². The van der Waals surface area contributed by atoms with Gasteiger partial charge in [0.05, 0.1) is 13.1 Å². The Morgan fingerprint density at radius 3 is 2.88 bits per heavy atom. The van der Waals surface area contributed by atoms with E-state index in [4.69, 9.17) is 11.6 Å². The zero-order valence-electron chi connectivity index (χ0n) is 9.50. The van der Waals surface area contributed by atoms with Gasteiger partial charge in [0.1, 0.15) is 5.60 Å². The number of nitrogens with one attached hydrogen (secondary N) is 2. The minimum Gasteiger partial charge on any atom is -0.384 e. The molecular formula is C11H15ClN2O2S. The highest BCUT2D eigenvalue weighted by molar-refractivity contribution is 7.08. The van der Waals surface area contributed by atoms with Crippen molar-refractivity contribution in [2.24, 2.45) is 0 Å². The van der Waals surface area contributed by atoms with Gasteiger partial charge >= 0.3 is 6.03 Å². The number of amides is 2. The van der Waals surface area contributed by atoms with E-state index >= 15 is 0 Å². The molecule has 0 aliphatic rings. The van der Waals surface area contributed by atoms with Crippen molar-refractivity contribution in [1.29, 1.82) is 0 Å². The molecule has 0 aromatic carbocycles. The summed E-state index contributed by atoms with van der Waals surface area (Å²) in [6.07, 6.45) is 0. The van der Waals surface area contributed by atoms with Gasteiger partial charge in [0.25, 0.3) is 0 Å². The van der Waals surface area contributed by atoms with E-state index in [-0.39, 0.29) is 19.1 Å². The number of rotatable bonds is 5. The van der Waals surface area contributed by atoms with Gasteiger partial charge in [-0.3, -0.25) is 0 Å². The summed E-state index contributed by atoms with van der Waals surface area (Å²) in [5, 5.41) is 19.3. The number of carbonyl (C=O) groups is 1. The number of hydrogen-bond acceptors (Lipinski definition) is 3. The molecule has 0 unspecified atom stereocenters. The molecule has 0 radical (unpaired) electrons. The lowest BCUT2D eigenvalue weighted by Crippen LogP contribution is -2.43. The molecule has 1 heterocycles. The van der Waals surface area contributed by atoms with Gasteiger partial charge in [-0.1, -0.05) is 18.2 Å². The molecular weight excluding hydrogens is 260 g/mol. The first-order valence-electron chi connectivity index (χ1n) is 5.02. The van der Waals surface area contributed by atoms with Crippen molar-refractivity contribution in [3.63, 3.8) is 0 Å². The van der Waals surface area contributed by atoms with Crippen molar-refractivity contribution in [3.8, 4) is 0 Å². The first-order valence-corrected chi connectivity index (χ1v) is 6.34. The zero-order chi connectivity index (χ0) is 12.9. The molecule has 2 amide bonds. The summed E-state index contributed by atoms with van der Waals surface area (Å²) in [5.74, 6) is 0. The lowest BCUT2D eigenvalue weighted by Gasteiger charge is -2.22. The van der Waals surface area contributed by atoms with Crippen LogP contribution in [0.2, 0.25) is 0 Å². The Hall–Kier alpha value is -1.04. The van der Waals surface area contributed by atoms with E-state index in [0.29, 0.717) is 5.03 Å². The van der Waals surface area contributed by atoms with E-state index < -0.39 is 5.60 Å². The Morgan fingerprint density at radius 1 is 1.65 bits per heavy atom. The van der Waals surface area contributed by atoms with Crippen molar-refractivity contribution in [2.75, 3.05) is 13.1 Å². The van der Waals surface area contributed by atoms with E-state index in [0.717, 1.165) is 5.56 Å². The smallest absolute Gasteiger partial charge is 0.315 e. The standard InChI is InChI=1S/C11H15ClN2O2S/c1-8(12)5-13-10(15)14-7-11(2,16)9-3-4-17-6-9/h3-4,6,16H,1,5,7H2,2H3,(H2,13,14,15)/t11-/m0/s1. The molecule has 0 fully saturated rings. The summed E-state index contributed by atoms with van der Waals surface area (Å²) in [5.41, 5.74) is -0.292. The Labute approximate surface area is 109 Å². The molecule has 0 aliphatic carbocycles. The van der Waals surface area contributed by atoms with Gasteiger partial charge in [0, 0.05) is 5.03 Å². The second-order valence-corrected chi connectivity index (χ2v) is 5.15. The van der Waals surface area contributed by atoms with Crippen LogP contribution in [-0.2, 0) is 5.60 Å². The van der Waals surface area contributed by atoms with E-state index in [1.54, 1.807) is 6.92 Å². The molecule has 6 heteroatoms. The fraction of sp³-hybridized carbons (Fsp3) is 0.364. The molecule has 1 atom stereocenters. The third-order valence-electron chi connectivity index (χ3n) is 2.18. The van der Waals surface area contributed by atoms with Gasteiger partial charge in [0.15, 0.2) is 0 Å². The summed E-state index contributed by atoms with van der Waals surface area (Å²) >= 11 is 7.01. The first kappa shape index (κ1) is 14.0. The predicted molar refractivity (Wildman–Crippen MR) is 70.3 cm³/mol. The van der Waals surface area contributed by atoms with Gasteiger partial charge < -0.3 is 15.7 Å². The van der Waals surface area contributed by atoms with E-state index in [9.17, 15) is 9.90 Å². The molecule has 1 aromatic rings. The van der Waals surface area contributed by atoms with Crippen LogP contribution in [0.5, 0.6) is 0 Å². The minimum absolute atomic E-state index is 0.129. The van der Waals surface area contributed by atoms with Crippen LogP contribution in [0.1, 0.15) is 12.5 Å².